The van der Waals surface area contributed by atoms with Crippen molar-refractivity contribution < 1.29 is 14.3 Å². The number of aliphatic imine (C=N–C) groups is 1. The van der Waals surface area contributed by atoms with Gasteiger partial charge in [-0.15, -0.1) is 24.0 Å². The molecule has 0 bridgehead atoms. The molecule has 0 atom stereocenters. The Kier molecular flexibility index (Phi) is 11.7. The van der Waals surface area contributed by atoms with Crippen molar-refractivity contribution in [1.82, 2.24) is 20.4 Å². The number of nitrogens with zero attached hydrogens (tertiary/aromatic N) is 3. The van der Waals surface area contributed by atoms with Crippen molar-refractivity contribution >= 4 is 41.9 Å². The largest absolute Gasteiger partial charge is 0.444 e. The maximum Gasteiger partial charge on any atom is 0.410 e. The minimum Gasteiger partial charge on any atom is -0.444 e. The normalized spacial score (nSPS) is 15.6. The van der Waals surface area contributed by atoms with Crippen molar-refractivity contribution in [3.8, 4) is 0 Å². The zero-order valence-electron chi connectivity index (χ0n) is 17.5. The summed E-state index contributed by atoms with van der Waals surface area (Å²) >= 11 is 0. The molecule has 9 heteroatoms. The lowest BCUT2D eigenvalue weighted by molar-refractivity contribution is -0.121. The van der Waals surface area contributed by atoms with Crippen LogP contribution in [0.1, 0.15) is 40.0 Å². The van der Waals surface area contributed by atoms with E-state index in [-0.39, 0.29) is 36.0 Å². The van der Waals surface area contributed by atoms with Crippen molar-refractivity contribution in [3.05, 3.63) is 0 Å². The Labute approximate surface area is 180 Å². The van der Waals surface area contributed by atoms with E-state index in [2.05, 4.69) is 20.5 Å². The van der Waals surface area contributed by atoms with Gasteiger partial charge in [0.15, 0.2) is 5.96 Å². The summed E-state index contributed by atoms with van der Waals surface area (Å²) in [6.07, 6.45) is 2.22. The number of piperidine rings is 1. The first kappa shape index (κ1) is 25.7. The number of hydrogen-bond donors (Lipinski definition) is 2. The van der Waals surface area contributed by atoms with E-state index in [1.54, 1.807) is 26.0 Å². The highest BCUT2D eigenvalue weighted by molar-refractivity contribution is 14.0. The molecule has 0 radical (unpaired) electrons. The number of amides is 2. The Hall–Kier alpha value is -1.26. The lowest BCUT2D eigenvalue weighted by atomic mass is 9.93. The van der Waals surface area contributed by atoms with Gasteiger partial charge in [0.1, 0.15) is 5.60 Å². The highest BCUT2D eigenvalue weighted by atomic mass is 127. The molecule has 1 saturated heterocycles. The molecule has 1 aliphatic rings. The summed E-state index contributed by atoms with van der Waals surface area (Å²) in [5.41, 5.74) is -0.492. The van der Waals surface area contributed by atoms with Gasteiger partial charge in [-0.1, -0.05) is 0 Å². The van der Waals surface area contributed by atoms with E-state index in [0.29, 0.717) is 25.4 Å². The third-order valence-corrected chi connectivity index (χ3v) is 4.31. The number of nitrogens with one attached hydrogen (secondary N) is 2. The molecule has 1 aliphatic heterocycles. The SMILES string of the molecule is CN=C(NCCN(C)C(=O)OC(C)(C)C)N1CCC(CC(=O)NC)CC1.I. The number of hydrogen-bond acceptors (Lipinski definition) is 4. The number of guanidine groups is 1. The van der Waals surface area contributed by atoms with Crippen LogP contribution in [0.2, 0.25) is 0 Å². The number of likely N-dealkylation sites (tertiary alicyclic amines) is 1. The molecular formula is C18H36IN5O3. The van der Waals surface area contributed by atoms with Crippen LogP contribution in [0.3, 0.4) is 0 Å². The van der Waals surface area contributed by atoms with Gasteiger partial charge in [0.25, 0.3) is 0 Å². The number of carbonyl (C=O) groups is 2. The van der Waals surface area contributed by atoms with Crippen LogP contribution in [0.4, 0.5) is 4.79 Å². The Bertz CT molecular complexity index is 500. The molecule has 0 aliphatic carbocycles. The maximum atomic E-state index is 12.0. The van der Waals surface area contributed by atoms with Crippen LogP contribution in [0.25, 0.3) is 0 Å². The summed E-state index contributed by atoms with van der Waals surface area (Å²) in [5, 5.41) is 5.99. The van der Waals surface area contributed by atoms with E-state index in [9.17, 15) is 9.59 Å². The molecule has 0 saturated carbocycles. The number of ether oxygens (including phenoxy) is 1. The average molecular weight is 497 g/mol. The van der Waals surface area contributed by atoms with Crippen LogP contribution in [-0.4, -0.2) is 80.7 Å². The maximum absolute atomic E-state index is 12.0. The molecule has 0 aromatic rings. The highest BCUT2D eigenvalue weighted by Gasteiger charge is 2.23. The third-order valence-electron chi connectivity index (χ3n) is 4.31. The van der Waals surface area contributed by atoms with E-state index >= 15 is 0 Å². The molecule has 1 rings (SSSR count). The van der Waals surface area contributed by atoms with E-state index in [1.807, 2.05) is 20.8 Å². The molecule has 1 heterocycles. The van der Waals surface area contributed by atoms with Gasteiger partial charge >= 0.3 is 6.09 Å². The van der Waals surface area contributed by atoms with Gasteiger partial charge in [0.2, 0.25) is 5.91 Å². The van der Waals surface area contributed by atoms with Crippen LogP contribution in [-0.2, 0) is 9.53 Å². The van der Waals surface area contributed by atoms with Crippen molar-refractivity contribution in [1.29, 1.82) is 0 Å². The van der Waals surface area contributed by atoms with Crippen LogP contribution in [0.15, 0.2) is 4.99 Å². The predicted octanol–water partition coefficient (Wildman–Crippen LogP) is 1.89. The first-order chi connectivity index (χ1) is 12.2. The molecule has 1 fully saturated rings. The zero-order chi connectivity index (χ0) is 19.7. The second-order valence-electron chi connectivity index (χ2n) is 7.68. The number of rotatable bonds is 5. The highest BCUT2D eigenvalue weighted by Crippen LogP contribution is 2.20. The van der Waals surface area contributed by atoms with E-state index in [0.717, 1.165) is 31.9 Å². The summed E-state index contributed by atoms with van der Waals surface area (Å²) in [6.45, 7) is 8.44. The van der Waals surface area contributed by atoms with Crippen LogP contribution < -0.4 is 10.6 Å². The summed E-state index contributed by atoms with van der Waals surface area (Å²) in [5.74, 6) is 1.37. The molecule has 2 amide bonds. The molecule has 0 spiro atoms. The van der Waals surface area contributed by atoms with Crippen LogP contribution >= 0.6 is 24.0 Å². The van der Waals surface area contributed by atoms with Gasteiger partial charge < -0.3 is 25.2 Å². The molecular weight excluding hydrogens is 461 g/mol. The fraction of sp³-hybridized carbons (Fsp3) is 0.833. The fourth-order valence-electron chi connectivity index (χ4n) is 2.81. The van der Waals surface area contributed by atoms with E-state index < -0.39 is 5.60 Å². The summed E-state index contributed by atoms with van der Waals surface area (Å²) in [6, 6.07) is 0. The molecule has 158 valence electrons. The number of halogens is 1. The first-order valence-electron chi connectivity index (χ1n) is 9.26. The van der Waals surface area contributed by atoms with Gasteiger partial charge in [-0.05, 0) is 39.5 Å². The van der Waals surface area contributed by atoms with Gasteiger partial charge in [0.05, 0.1) is 0 Å². The Morgan fingerprint density at radius 2 is 1.85 bits per heavy atom. The lowest BCUT2D eigenvalue weighted by Gasteiger charge is -2.34. The third kappa shape index (κ3) is 10.0. The van der Waals surface area contributed by atoms with Crippen molar-refractivity contribution in [3.63, 3.8) is 0 Å². The minimum atomic E-state index is -0.492. The van der Waals surface area contributed by atoms with Gasteiger partial charge in [0, 0.05) is 53.7 Å². The quantitative estimate of drug-likeness (QED) is 0.344. The molecule has 0 unspecified atom stereocenters. The summed E-state index contributed by atoms with van der Waals surface area (Å²) < 4.78 is 5.34. The molecule has 27 heavy (non-hydrogen) atoms. The molecule has 2 N–H and O–H groups in total. The first-order valence-corrected chi connectivity index (χ1v) is 9.26. The Balaban J connectivity index is 0.00000676. The topological polar surface area (TPSA) is 86.3 Å². The molecule has 0 aromatic heterocycles. The second-order valence-corrected chi connectivity index (χ2v) is 7.68. The van der Waals surface area contributed by atoms with Gasteiger partial charge in [-0.25, -0.2) is 4.79 Å². The van der Waals surface area contributed by atoms with Crippen LogP contribution in [0, 0.1) is 5.92 Å². The zero-order valence-corrected chi connectivity index (χ0v) is 19.8. The summed E-state index contributed by atoms with van der Waals surface area (Å²) in [7, 11) is 5.16. The second kappa shape index (κ2) is 12.2. The van der Waals surface area contributed by atoms with E-state index in [4.69, 9.17) is 4.74 Å². The summed E-state index contributed by atoms with van der Waals surface area (Å²) in [4.78, 5) is 31.5. The number of carbonyl (C=O) groups excluding carboxylic acids is 2. The fourth-order valence-corrected chi connectivity index (χ4v) is 2.81. The Morgan fingerprint density at radius 3 is 2.33 bits per heavy atom. The van der Waals surface area contributed by atoms with Crippen molar-refractivity contribution in [2.24, 2.45) is 10.9 Å². The minimum absolute atomic E-state index is 0. The Morgan fingerprint density at radius 1 is 1.26 bits per heavy atom. The van der Waals surface area contributed by atoms with Crippen molar-refractivity contribution in [2.45, 2.75) is 45.6 Å². The van der Waals surface area contributed by atoms with Gasteiger partial charge in [-0.2, -0.15) is 0 Å². The monoisotopic (exact) mass is 497 g/mol. The van der Waals surface area contributed by atoms with Crippen molar-refractivity contribution in [2.75, 3.05) is 47.3 Å². The molecule has 8 nitrogen and oxygen atoms in total. The average Bonchev–Trinajstić information content (AvgIpc) is 2.57. The van der Waals surface area contributed by atoms with Gasteiger partial charge in [-0.3, -0.25) is 9.79 Å². The van der Waals surface area contributed by atoms with Crippen LogP contribution in [0.5, 0.6) is 0 Å². The van der Waals surface area contributed by atoms with E-state index in [1.165, 1.54) is 0 Å². The lowest BCUT2D eigenvalue weighted by Crippen LogP contribution is -2.48. The standard InChI is InChI=1S/C18H35N5O3.HI/c1-18(2,3)26-17(25)22(6)12-9-21-16(20-5)23-10-7-14(8-11-23)13-15(24)19-4;/h14H,7-13H2,1-6H3,(H,19,24)(H,20,21);1H. The smallest absolute Gasteiger partial charge is 0.410 e. The predicted molar refractivity (Wildman–Crippen MR) is 119 cm³/mol. The number of likely N-dealkylation sites (N-methyl/N-ethyl adjacent to an activating group) is 1. The molecule has 0 aromatic carbocycles.